The van der Waals surface area contributed by atoms with Crippen LogP contribution in [0.2, 0.25) is 0 Å². The second kappa shape index (κ2) is 17.7. The maximum atomic E-state index is 15.9. The molecule has 2 saturated heterocycles. The van der Waals surface area contributed by atoms with E-state index in [4.69, 9.17) is 0 Å². The van der Waals surface area contributed by atoms with Crippen LogP contribution in [0.4, 0.5) is 4.39 Å². The normalized spacial score (nSPS) is 19.9. The molecule has 0 radical (unpaired) electrons. The zero-order valence-corrected chi connectivity index (χ0v) is 33.5. The number of aromatic amines is 1. The van der Waals surface area contributed by atoms with Gasteiger partial charge in [-0.25, -0.2) is 9.37 Å². The van der Waals surface area contributed by atoms with Gasteiger partial charge in [-0.15, -0.1) is 0 Å². The monoisotopic (exact) mass is 794 g/mol. The highest BCUT2D eigenvalue weighted by molar-refractivity contribution is 5.86. The minimum atomic E-state index is -0.747. The summed E-state index contributed by atoms with van der Waals surface area (Å²) in [5.41, 5.74) is 6.18. The summed E-state index contributed by atoms with van der Waals surface area (Å²) in [6.07, 6.45) is 7.33. The van der Waals surface area contributed by atoms with Crippen molar-refractivity contribution in [1.82, 2.24) is 40.6 Å². The topological polar surface area (TPSA) is 126 Å². The molecule has 0 saturated carbocycles. The van der Waals surface area contributed by atoms with Crippen LogP contribution in [0.3, 0.4) is 0 Å². The largest absolute Gasteiger partial charge is 0.368 e. The van der Waals surface area contributed by atoms with E-state index in [9.17, 15) is 14.4 Å². The molecule has 3 amide bonds. The number of rotatable bonds is 14. The summed E-state index contributed by atoms with van der Waals surface area (Å²) in [6.45, 7) is 6.92. The van der Waals surface area contributed by atoms with Crippen molar-refractivity contribution in [2.45, 2.75) is 69.9 Å². The fraction of sp³-hybridized carbons (Fsp3) is 0.319. The van der Waals surface area contributed by atoms with Gasteiger partial charge in [0, 0.05) is 24.9 Å². The van der Waals surface area contributed by atoms with Gasteiger partial charge in [0.05, 0.1) is 29.7 Å². The summed E-state index contributed by atoms with van der Waals surface area (Å²) in [4.78, 5) is 53.4. The van der Waals surface area contributed by atoms with Gasteiger partial charge < -0.3 is 30.7 Å². The van der Waals surface area contributed by atoms with Crippen molar-refractivity contribution < 1.29 is 18.8 Å². The number of aromatic nitrogens is 2. The molecule has 3 aliphatic rings. The first-order chi connectivity index (χ1) is 28.9. The van der Waals surface area contributed by atoms with Gasteiger partial charge in [0.25, 0.3) is 0 Å². The van der Waals surface area contributed by atoms with Crippen molar-refractivity contribution in [3.63, 3.8) is 0 Å². The molecule has 11 nitrogen and oxygen atoms in total. The molecule has 3 aliphatic heterocycles. The number of nitrogens with zero attached hydrogens (tertiary/aromatic N) is 4. The minimum absolute atomic E-state index is 0.0623. The second-order valence-corrected chi connectivity index (χ2v) is 15.4. The van der Waals surface area contributed by atoms with Gasteiger partial charge >= 0.3 is 0 Å². The number of halogens is 1. The molecule has 4 N–H and O–H groups in total. The van der Waals surface area contributed by atoms with Crippen LogP contribution in [0, 0.1) is 5.82 Å². The Morgan fingerprint density at radius 2 is 1.51 bits per heavy atom. The number of likely N-dealkylation sites (tertiary alicyclic amines) is 2. The van der Waals surface area contributed by atoms with Crippen molar-refractivity contribution in [3.05, 3.63) is 144 Å². The van der Waals surface area contributed by atoms with Gasteiger partial charge in [-0.3, -0.25) is 19.3 Å². The van der Waals surface area contributed by atoms with Crippen LogP contribution in [0.1, 0.15) is 80.2 Å². The Labute approximate surface area is 344 Å². The van der Waals surface area contributed by atoms with Gasteiger partial charge in [0.1, 0.15) is 29.9 Å². The fourth-order valence-corrected chi connectivity index (χ4v) is 9.00. The minimum Gasteiger partial charge on any atom is -0.368 e. The highest BCUT2D eigenvalue weighted by atomic mass is 19.1. The fourth-order valence-electron chi connectivity index (χ4n) is 9.00. The Kier molecular flexibility index (Phi) is 11.9. The first-order valence-corrected chi connectivity index (χ1v) is 20.7. The Bertz CT molecular complexity index is 2280. The molecular formula is C47H51FN8O3. The number of H-pyrrole nitrogens is 1. The Morgan fingerprint density at radius 1 is 0.847 bits per heavy atom. The zero-order valence-electron chi connectivity index (χ0n) is 33.5. The molecule has 12 heteroatoms. The highest BCUT2D eigenvalue weighted by Gasteiger charge is 2.40. The van der Waals surface area contributed by atoms with Crippen LogP contribution >= 0.6 is 0 Å². The molecule has 1 aromatic heterocycles. The second-order valence-electron chi connectivity index (χ2n) is 15.4. The van der Waals surface area contributed by atoms with E-state index < -0.39 is 6.04 Å². The number of benzene rings is 4. The molecule has 0 aliphatic carbocycles. The third-order valence-electron chi connectivity index (χ3n) is 12.1. The summed E-state index contributed by atoms with van der Waals surface area (Å²) in [6, 6.07) is 31.0. The van der Waals surface area contributed by atoms with Crippen molar-refractivity contribution in [2.24, 2.45) is 0 Å². The van der Waals surface area contributed by atoms with Crippen molar-refractivity contribution in [2.75, 3.05) is 26.2 Å². The molecule has 2 fully saturated rings. The lowest BCUT2D eigenvalue weighted by molar-refractivity contribution is -0.138. The van der Waals surface area contributed by atoms with E-state index in [0.29, 0.717) is 36.6 Å². The number of likely N-dealkylation sites (N-methyl/N-ethyl adjacent to an activating group) is 1. The smallest absolute Gasteiger partial charge is 0.250 e. The summed E-state index contributed by atoms with van der Waals surface area (Å²) in [5.74, 6) is 0.232. The van der Waals surface area contributed by atoms with Crippen LogP contribution in [-0.2, 0) is 14.4 Å². The highest BCUT2D eigenvalue weighted by Crippen LogP contribution is 2.37. The lowest BCUT2D eigenvalue weighted by Gasteiger charge is -2.34. The average molecular weight is 795 g/mol. The number of carbonyl (C=O) groups excluding carboxylic acids is 3. The van der Waals surface area contributed by atoms with Crippen molar-refractivity contribution in [1.29, 1.82) is 0 Å². The number of amides is 3. The number of imidazole rings is 1. The molecule has 4 heterocycles. The lowest BCUT2D eigenvalue weighted by atomic mass is 10.0. The Hall–Kier alpha value is -6.27. The molecule has 5 atom stereocenters. The van der Waals surface area contributed by atoms with Crippen LogP contribution in [-0.4, -0.2) is 81.3 Å². The molecule has 0 spiro atoms. The maximum absolute atomic E-state index is 15.9. The predicted octanol–water partition coefficient (Wildman–Crippen LogP) is 6.93. The SMILES string of the molecule is CCN(CC)[C@@H](C(=O)N1CCC[C@H]1c1ncc(-c2ccc(-c3ccc(C4=CNC([C@@H]5CCCN5C(=O)[C@H](NC=O)c5ccccc5)N4)cc3)cc2F)[nH]1)c1ccccc1. The van der Waals surface area contributed by atoms with Gasteiger partial charge in [-0.1, -0.05) is 105 Å². The molecule has 1 unspecified atom stereocenters. The number of carbonyl (C=O) groups is 3. The summed E-state index contributed by atoms with van der Waals surface area (Å²) >= 11 is 0. The maximum Gasteiger partial charge on any atom is 0.250 e. The molecule has 0 bridgehead atoms. The molecule has 59 heavy (non-hydrogen) atoms. The Morgan fingerprint density at radius 3 is 2.20 bits per heavy atom. The Balaban J connectivity index is 0.922. The van der Waals surface area contributed by atoms with E-state index in [1.54, 1.807) is 18.3 Å². The van der Waals surface area contributed by atoms with Gasteiger partial charge in [0.15, 0.2) is 0 Å². The van der Waals surface area contributed by atoms with Gasteiger partial charge in [-0.2, -0.15) is 0 Å². The van der Waals surface area contributed by atoms with Gasteiger partial charge in [0.2, 0.25) is 18.2 Å². The van der Waals surface area contributed by atoms with E-state index in [1.165, 1.54) is 0 Å². The third-order valence-corrected chi connectivity index (χ3v) is 12.1. The third kappa shape index (κ3) is 8.09. The summed E-state index contributed by atoms with van der Waals surface area (Å²) in [7, 11) is 0. The number of nitrogens with one attached hydrogen (secondary N) is 4. The zero-order chi connectivity index (χ0) is 40.9. The van der Waals surface area contributed by atoms with Gasteiger partial charge in [-0.05, 0) is 78.7 Å². The molecule has 5 aromatic rings. The first kappa shape index (κ1) is 39.6. The molecule has 304 valence electrons. The van der Waals surface area contributed by atoms with Crippen LogP contribution in [0.5, 0.6) is 0 Å². The first-order valence-electron chi connectivity index (χ1n) is 20.7. The van der Waals surface area contributed by atoms with E-state index >= 15 is 4.39 Å². The standard InChI is InChI=1S/C47H51FN8O3/c1-3-54(4-2)43(34-15-9-6-10-16-34)47(59)56-26-12-18-41(56)45-50-29-39(53-45)36-24-23-35(27-37(36)48)31-19-21-32(22-20-31)38-28-49-44(52-38)40-17-11-25-55(40)46(58)42(51-30-57)33-13-7-5-8-14-33/h5-10,13-16,19-24,27-30,40-44,49,52H,3-4,11-12,17-18,25-26H2,1-2H3,(H,50,53)(H,51,57)/t40-,41-,42+,43+,44?/m0/s1. The van der Waals surface area contributed by atoms with Crippen molar-refractivity contribution in [3.8, 4) is 22.4 Å². The lowest BCUT2D eigenvalue weighted by Crippen LogP contribution is -2.53. The van der Waals surface area contributed by atoms with Crippen LogP contribution in [0.15, 0.2) is 116 Å². The summed E-state index contributed by atoms with van der Waals surface area (Å²) in [5, 5.41) is 9.71. The predicted molar refractivity (Wildman–Crippen MR) is 226 cm³/mol. The van der Waals surface area contributed by atoms with E-state index in [1.807, 2.05) is 107 Å². The summed E-state index contributed by atoms with van der Waals surface area (Å²) < 4.78 is 15.9. The number of hydrogen-bond acceptors (Lipinski definition) is 7. The molecule has 4 aromatic carbocycles. The molecule has 8 rings (SSSR count). The average Bonchev–Trinajstić information content (AvgIpc) is 4.12. The quantitative estimate of drug-likeness (QED) is 0.0900. The van der Waals surface area contributed by atoms with E-state index in [0.717, 1.165) is 72.3 Å². The van der Waals surface area contributed by atoms with E-state index in [-0.39, 0.29) is 41.9 Å². The molecular weight excluding hydrogens is 744 g/mol. The van der Waals surface area contributed by atoms with Crippen molar-refractivity contribution >= 4 is 23.9 Å². The number of hydrogen-bond donors (Lipinski definition) is 4. The van der Waals surface area contributed by atoms with Crippen LogP contribution < -0.4 is 16.0 Å². The van der Waals surface area contributed by atoms with Crippen LogP contribution in [0.25, 0.3) is 28.1 Å². The van der Waals surface area contributed by atoms with E-state index in [2.05, 4.69) is 44.7 Å².